The molecule has 0 aliphatic heterocycles. The highest BCUT2D eigenvalue weighted by Crippen LogP contribution is 2.38. The zero-order chi connectivity index (χ0) is 26.8. The number of carbonyl (C=O) groups excluding carboxylic acids is 1. The van der Waals surface area contributed by atoms with Crippen molar-refractivity contribution in [2.75, 3.05) is 39.8 Å². The molecule has 194 valence electrons. The summed E-state index contributed by atoms with van der Waals surface area (Å²) in [6.45, 7) is 0.117. The van der Waals surface area contributed by atoms with Crippen molar-refractivity contribution in [3.05, 3.63) is 72.2 Å². The summed E-state index contributed by atoms with van der Waals surface area (Å²) in [5.74, 6) is -0.449. The van der Waals surface area contributed by atoms with Crippen molar-refractivity contribution in [3.8, 4) is 28.7 Å². The van der Waals surface area contributed by atoms with Crippen LogP contribution in [0.3, 0.4) is 0 Å². The monoisotopic (exact) mass is 513 g/mol. The molecule has 11 heteroatoms. The summed E-state index contributed by atoms with van der Waals surface area (Å²) in [6.07, 6.45) is 5.10. The third-order valence-electron chi connectivity index (χ3n) is 4.99. The highest BCUT2D eigenvalue weighted by molar-refractivity contribution is 5.88. The second-order valence-electron chi connectivity index (χ2n) is 7.26. The third kappa shape index (κ3) is 6.58. The van der Waals surface area contributed by atoms with E-state index in [1.807, 2.05) is 0 Å². The Balaban J connectivity index is 0.000000266. The average molecular weight is 513 g/mol. The van der Waals surface area contributed by atoms with E-state index in [0.717, 1.165) is 12.1 Å². The normalized spacial score (nSPS) is 10.2. The number of aldehydes is 1. The number of nitrogens with one attached hydrogen (secondary N) is 1. The summed E-state index contributed by atoms with van der Waals surface area (Å²) < 4.78 is 49.4. The molecule has 0 radical (unpaired) electrons. The van der Waals surface area contributed by atoms with Crippen molar-refractivity contribution in [1.82, 2.24) is 9.97 Å². The van der Waals surface area contributed by atoms with E-state index >= 15 is 0 Å². The van der Waals surface area contributed by atoms with Crippen LogP contribution in [0.15, 0.2) is 55.0 Å². The number of aromatic nitrogens is 2. The van der Waals surface area contributed by atoms with E-state index in [9.17, 15) is 13.6 Å². The van der Waals surface area contributed by atoms with Crippen LogP contribution in [0.5, 0.6) is 28.7 Å². The highest BCUT2D eigenvalue weighted by atomic mass is 19.1. The molecule has 0 amide bonds. The molecule has 0 fully saturated rings. The first-order chi connectivity index (χ1) is 17.9. The number of hydrogen-bond donors (Lipinski definition) is 2. The molecule has 4 aromatic rings. The van der Waals surface area contributed by atoms with Crippen molar-refractivity contribution in [3.63, 3.8) is 0 Å². The predicted molar refractivity (Wildman–Crippen MR) is 133 cm³/mol. The van der Waals surface area contributed by atoms with Crippen LogP contribution in [0.25, 0.3) is 10.9 Å². The first kappa shape index (κ1) is 27.1. The molecule has 0 saturated carbocycles. The Kier molecular flexibility index (Phi) is 9.50. The third-order valence-corrected chi connectivity index (χ3v) is 4.99. The lowest BCUT2D eigenvalue weighted by molar-refractivity contribution is 0.111. The van der Waals surface area contributed by atoms with Crippen molar-refractivity contribution in [2.45, 2.75) is 0 Å². The number of nitrogens with zero attached hydrogens (tertiary/aromatic N) is 2. The van der Waals surface area contributed by atoms with Gasteiger partial charge in [-0.05, 0) is 18.2 Å². The van der Waals surface area contributed by atoms with Crippen LogP contribution in [0.1, 0.15) is 10.4 Å². The fraction of sp³-hybridized carbons (Fsp3) is 0.192. The SMILES string of the molecule is CNc1cc(F)c(Oc2ccnc3cc(OC)c(OC)cc23)c(F)c1.O=Cc1cnccc1OCCO. The molecule has 9 nitrogen and oxygen atoms in total. The number of ether oxygens (including phenoxy) is 4. The standard InChI is InChI=1S/C18H16F2N2O3.C8H9NO3/c1-21-10-6-12(19)18(13(20)7-10)25-15-4-5-22-14-9-17(24-3)16(23-2)8-11(14)15;10-3-4-12-8-1-2-9-5-7(8)6-11/h4-9,21H,1-3H3;1-2,5-6,10H,3-4H2. The number of fused-ring (bicyclic) bond motifs is 1. The zero-order valence-corrected chi connectivity index (χ0v) is 20.3. The molecule has 0 aliphatic rings. The minimum atomic E-state index is -0.810. The van der Waals surface area contributed by atoms with E-state index in [-0.39, 0.29) is 19.0 Å². The lowest BCUT2D eigenvalue weighted by Gasteiger charge is -2.13. The van der Waals surface area contributed by atoms with Gasteiger partial charge >= 0.3 is 0 Å². The Hall–Kier alpha value is -4.51. The van der Waals surface area contributed by atoms with Gasteiger partial charge in [-0.3, -0.25) is 14.8 Å². The van der Waals surface area contributed by atoms with Crippen molar-refractivity contribution in [2.24, 2.45) is 0 Å². The van der Waals surface area contributed by atoms with Crippen LogP contribution < -0.4 is 24.3 Å². The van der Waals surface area contributed by atoms with Gasteiger partial charge in [-0.25, -0.2) is 8.78 Å². The van der Waals surface area contributed by atoms with E-state index in [4.69, 9.17) is 24.1 Å². The topological polar surface area (TPSA) is 112 Å². The fourth-order valence-electron chi connectivity index (χ4n) is 3.22. The maximum atomic E-state index is 14.2. The summed E-state index contributed by atoms with van der Waals surface area (Å²) >= 11 is 0. The van der Waals surface area contributed by atoms with Gasteiger partial charge < -0.3 is 29.4 Å². The van der Waals surface area contributed by atoms with Crippen molar-refractivity contribution >= 4 is 22.9 Å². The molecule has 0 saturated heterocycles. The number of pyridine rings is 2. The number of benzene rings is 2. The van der Waals surface area contributed by atoms with Crippen LogP contribution in [0.4, 0.5) is 14.5 Å². The lowest BCUT2D eigenvalue weighted by atomic mass is 10.1. The lowest BCUT2D eigenvalue weighted by Crippen LogP contribution is -2.03. The van der Waals surface area contributed by atoms with Gasteiger partial charge in [0.1, 0.15) is 18.1 Å². The number of aliphatic hydroxyl groups is 1. The van der Waals surface area contributed by atoms with E-state index in [1.54, 1.807) is 25.2 Å². The van der Waals surface area contributed by atoms with E-state index < -0.39 is 17.4 Å². The average Bonchev–Trinajstić information content (AvgIpc) is 2.93. The van der Waals surface area contributed by atoms with Gasteiger partial charge in [0.05, 0.1) is 31.9 Å². The zero-order valence-electron chi connectivity index (χ0n) is 20.3. The van der Waals surface area contributed by atoms with Gasteiger partial charge in [0, 0.05) is 54.9 Å². The van der Waals surface area contributed by atoms with Crippen LogP contribution in [0.2, 0.25) is 0 Å². The van der Waals surface area contributed by atoms with Crippen molar-refractivity contribution < 1.29 is 37.6 Å². The molecular weight excluding hydrogens is 488 g/mol. The minimum Gasteiger partial charge on any atom is -0.493 e. The Bertz CT molecular complexity index is 1350. The number of carbonyl (C=O) groups is 1. The first-order valence-corrected chi connectivity index (χ1v) is 10.9. The molecule has 0 aliphatic carbocycles. The summed E-state index contributed by atoms with van der Waals surface area (Å²) in [5.41, 5.74) is 1.25. The molecule has 0 atom stereocenters. The van der Waals surface area contributed by atoms with Crippen LogP contribution in [0, 0.1) is 11.6 Å². The van der Waals surface area contributed by atoms with E-state index in [1.165, 1.54) is 38.9 Å². The quantitative estimate of drug-likeness (QED) is 0.309. The molecule has 4 rings (SSSR count). The molecule has 0 bridgehead atoms. The number of aliphatic hydroxyl groups excluding tert-OH is 1. The summed E-state index contributed by atoms with van der Waals surface area (Å²) in [4.78, 5) is 18.4. The molecule has 2 heterocycles. The molecule has 0 spiro atoms. The van der Waals surface area contributed by atoms with Gasteiger partial charge in [-0.15, -0.1) is 0 Å². The number of anilines is 1. The van der Waals surface area contributed by atoms with Gasteiger partial charge in [0.25, 0.3) is 0 Å². The number of methoxy groups -OCH3 is 2. The summed E-state index contributed by atoms with van der Waals surface area (Å²) in [7, 11) is 4.58. The van der Waals surface area contributed by atoms with Crippen molar-refractivity contribution in [1.29, 1.82) is 0 Å². The number of halogens is 2. The molecular formula is C26H25F2N3O6. The van der Waals surface area contributed by atoms with E-state index in [0.29, 0.717) is 45.7 Å². The largest absolute Gasteiger partial charge is 0.493 e. The maximum Gasteiger partial charge on any atom is 0.198 e. The van der Waals surface area contributed by atoms with E-state index in [2.05, 4.69) is 15.3 Å². The minimum absolute atomic E-state index is 0.0688. The Labute approximate surface area is 211 Å². The molecule has 37 heavy (non-hydrogen) atoms. The van der Waals surface area contributed by atoms with Gasteiger partial charge in [0.2, 0.25) is 0 Å². The predicted octanol–water partition coefficient (Wildman–Crippen LogP) is 4.63. The molecule has 2 aromatic carbocycles. The molecule has 2 aromatic heterocycles. The second kappa shape index (κ2) is 13.0. The number of rotatable bonds is 9. The highest BCUT2D eigenvalue weighted by Gasteiger charge is 2.16. The summed E-state index contributed by atoms with van der Waals surface area (Å²) in [5, 5.41) is 11.7. The fourth-order valence-corrected chi connectivity index (χ4v) is 3.22. The Morgan fingerprint density at radius 3 is 2.27 bits per heavy atom. The Morgan fingerprint density at radius 2 is 1.65 bits per heavy atom. The molecule has 0 unspecified atom stereocenters. The number of hydrogen-bond acceptors (Lipinski definition) is 9. The van der Waals surface area contributed by atoms with Gasteiger partial charge in [0.15, 0.2) is 35.2 Å². The maximum absolute atomic E-state index is 14.2. The second-order valence-corrected chi connectivity index (χ2v) is 7.26. The smallest absolute Gasteiger partial charge is 0.198 e. The van der Waals surface area contributed by atoms with Crippen LogP contribution >= 0.6 is 0 Å². The first-order valence-electron chi connectivity index (χ1n) is 10.9. The molecule has 2 N–H and O–H groups in total. The van der Waals surface area contributed by atoms with Gasteiger partial charge in [-0.2, -0.15) is 0 Å². The van der Waals surface area contributed by atoms with Crippen LogP contribution in [-0.4, -0.2) is 55.8 Å². The van der Waals surface area contributed by atoms with Crippen LogP contribution in [-0.2, 0) is 0 Å². The summed E-state index contributed by atoms with van der Waals surface area (Å²) in [6, 6.07) is 8.74. The Morgan fingerprint density at radius 1 is 0.973 bits per heavy atom. The van der Waals surface area contributed by atoms with Gasteiger partial charge in [-0.1, -0.05) is 0 Å².